The molecule has 0 saturated carbocycles. The fourth-order valence-corrected chi connectivity index (χ4v) is 2.01. The summed E-state index contributed by atoms with van der Waals surface area (Å²) in [7, 11) is 0. The molecule has 10 nitrogen and oxygen atoms in total. The summed E-state index contributed by atoms with van der Waals surface area (Å²) in [4.78, 5) is 40.6. The first-order chi connectivity index (χ1) is 10.9. The largest absolute Gasteiger partial charge is 1.00 e. The van der Waals surface area contributed by atoms with E-state index in [4.69, 9.17) is 0 Å². The molecular formula is C13H12N5NaO5. The number of hydrogen-bond acceptors (Lipinski definition) is 7. The average molecular weight is 341 g/mol. The van der Waals surface area contributed by atoms with E-state index in [1.807, 2.05) is 0 Å². The number of pyridine rings is 1. The number of carboxylic acid groups (broad SMARTS) is 1. The van der Waals surface area contributed by atoms with Crippen molar-refractivity contribution >= 4 is 17.7 Å². The second-order valence-electron chi connectivity index (χ2n) is 4.52. The van der Waals surface area contributed by atoms with E-state index >= 15 is 0 Å². The van der Waals surface area contributed by atoms with Gasteiger partial charge in [0.25, 0.3) is 5.91 Å². The summed E-state index contributed by atoms with van der Waals surface area (Å²) >= 11 is 0. The van der Waals surface area contributed by atoms with E-state index in [-0.39, 0.29) is 54.0 Å². The van der Waals surface area contributed by atoms with Crippen LogP contribution in [0.3, 0.4) is 0 Å². The van der Waals surface area contributed by atoms with Crippen LogP contribution in [0.2, 0.25) is 0 Å². The number of hydrogen-bond donors (Lipinski definition) is 1. The molecule has 1 N–H and O–H groups in total. The van der Waals surface area contributed by atoms with Gasteiger partial charge >= 0.3 is 35.4 Å². The summed E-state index contributed by atoms with van der Waals surface area (Å²) in [5.74, 6) is -1.97. The molecule has 2 heterocycles. The maximum absolute atomic E-state index is 12.0. The third-order valence-corrected chi connectivity index (χ3v) is 3.09. The molecular weight excluding hydrogens is 329 g/mol. The number of rotatable bonds is 6. The summed E-state index contributed by atoms with van der Waals surface area (Å²) in [5.41, 5.74) is -0.598. The van der Waals surface area contributed by atoms with Crippen LogP contribution in [0.25, 0.3) is 0 Å². The van der Waals surface area contributed by atoms with Crippen molar-refractivity contribution in [3.63, 3.8) is 0 Å². The predicted octanol–water partition coefficient (Wildman–Crippen LogP) is -3.71. The SMILES string of the molecule is Cc1ncc([N+](=O)[O-])n1CCNC(=O)c1cccnc1C(=O)[O-].[Na+]. The zero-order valence-corrected chi connectivity index (χ0v) is 15.1. The van der Waals surface area contributed by atoms with E-state index in [1.165, 1.54) is 22.9 Å². The monoisotopic (exact) mass is 341 g/mol. The van der Waals surface area contributed by atoms with Gasteiger partial charge in [0.05, 0.1) is 23.8 Å². The zero-order valence-electron chi connectivity index (χ0n) is 13.1. The molecule has 0 bridgehead atoms. The third kappa shape index (κ3) is 4.37. The van der Waals surface area contributed by atoms with Crippen LogP contribution in [0.1, 0.15) is 26.7 Å². The molecule has 0 radical (unpaired) electrons. The second kappa shape index (κ2) is 8.52. The van der Waals surface area contributed by atoms with Crippen molar-refractivity contribution in [2.45, 2.75) is 13.5 Å². The van der Waals surface area contributed by atoms with Gasteiger partial charge in [0.1, 0.15) is 12.7 Å². The van der Waals surface area contributed by atoms with E-state index in [9.17, 15) is 24.8 Å². The molecule has 2 aromatic heterocycles. The van der Waals surface area contributed by atoms with Gasteiger partial charge in [-0.15, -0.1) is 0 Å². The van der Waals surface area contributed by atoms with Crippen LogP contribution in [0.15, 0.2) is 24.5 Å². The first kappa shape index (κ1) is 19.7. The first-order valence-electron chi connectivity index (χ1n) is 6.53. The Labute approximate surface area is 158 Å². The van der Waals surface area contributed by atoms with Crippen LogP contribution in [0, 0.1) is 17.0 Å². The Kier molecular flexibility index (Phi) is 7.01. The number of carbonyl (C=O) groups is 2. The zero-order chi connectivity index (χ0) is 17.0. The Morgan fingerprint density at radius 2 is 2.08 bits per heavy atom. The number of nitro groups is 1. The molecule has 24 heavy (non-hydrogen) atoms. The number of imidazole rings is 1. The number of carbonyl (C=O) groups excluding carboxylic acids is 2. The van der Waals surface area contributed by atoms with Crippen LogP contribution >= 0.6 is 0 Å². The number of nitrogens with zero attached hydrogens (tertiary/aromatic N) is 4. The standard InChI is InChI=1S/C13H13N5O5.Na/c1-8-16-7-10(18(22)23)17(8)6-5-15-12(19)9-3-2-4-14-11(9)13(20)21;/h2-4,7H,5-6H2,1H3,(H,15,19)(H,20,21);/q;+1/p-1. The van der Waals surface area contributed by atoms with E-state index in [2.05, 4.69) is 15.3 Å². The molecule has 1 amide bonds. The van der Waals surface area contributed by atoms with Crippen molar-refractivity contribution in [1.82, 2.24) is 19.9 Å². The van der Waals surface area contributed by atoms with E-state index in [1.54, 1.807) is 6.92 Å². The molecule has 0 unspecified atom stereocenters. The van der Waals surface area contributed by atoms with Gasteiger partial charge in [-0.1, -0.05) is 0 Å². The maximum atomic E-state index is 12.0. The molecule has 0 aliphatic rings. The van der Waals surface area contributed by atoms with E-state index < -0.39 is 22.5 Å². The first-order valence-corrected chi connectivity index (χ1v) is 6.53. The molecule has 0 aliphatic heterocycles. The number of nitrogens with one attached hydrogen (secondary N) is 1. The number of aromatic carboxylic acids is 1. The Bertz CT molecular complexity index is 776. The van der Waals surface area contributed by atoms with Crippen molar-refractivity contribution in [3.05, 3.63) is 51.7 Å². The molecule has 11 heteroatoms. The van der Waals surface area contributed by atoms with Crippen molar-refractivity contribution in [1.29, 1.82) is 0 Å². The summed E-state index contributed by atoms with van der Waals surface area (Å²) in [6.45, 7) is 1.77. The van der Waals surface area contributed by atoms with Crippen molar-refractivity contribution < 1.29 is 49.2 Å². The van der Waals surface area contributed by atoms with Crippen LogP contribution in [-0.4, -0.2) is 37.9 Å². The van der Waals surface area contributed by atoms with Crippen LogP contribution in [0.5, 0.6) is 0 Å². The summed E-state index contributed by atoms with van der Waals surface area (Å²) in [6.07, 6.45) is 2.37. The van der Waals surface area contributed by atoms with Crippen molar-refractivity contribution in [2.75, 3.05) is 6.54 Å². The molecule has 0 fully saturated rings. The number of carboxylic acids is 1. The predicted molar refractivity (Wildman–Crippen MR) is 74.5 cm³/mol. The van der Waals surface area contributed by atoms with Gasteiger partial charge in [0, 0.05) is 13.1 Å². The van der Waals surface area contributed by atoms with Crippen LogP contribution in [-0.2, 0) is 6.54 Å². The van der Waals surface area contributed by atoms with Gasteiger partial charge in [0.15, 0.2) is 5.82 Å². The van der Waals surface area contributed by atoms with Gasteiger partial charge in [-0.05, 0) is 17.1 Å². The smallest absolute Gasteiger partial charge is 0.543 e. The molecule has 2 aromatic rings. The van der Waals surface area contributed by atoms with Crippen molar-refractivity contribution in [2.24, 2.45) is 0 Å². The summed E-state index contributed by atoms with van der Waals surface area (Å²) in [5, 5.41) is 24.2. The molecule has 0 atom stereocenters. The minimum absolute atomic E-state index is 0. The van der Waals surface area contributed by atoms with Crippen LogP contribution < -0.4 is 40.0 Å². The van der Waals surface area contributed by atoms with Crippen molar-refractivity contribution in [3.8, 4) is 0 Å². The van der Waals surface area contributed by atoms with Gasteiger partial charge in [0.2, 0.25) is 0 Å². The van der Waals surface area contributed by atoms with Gasteiger partial charge < -0.3 is 25.3 Å². The van der Waals surface area contributed by atoms with Gasteiger partial charge in [-0.3, -0.25) is 9.78 Å². The average Bonchev–Trinajstić information content (AvgIpc) is 2.88. The minimum atomic E-state index is -1.56. The fourth-order valence-electron chi connectivity index (χ4n) is 2.01. The summed E-state index contributed by atoms with van der Waals surface area (Å²) < 4.78 is 1.34. The van der Waals surface area contributed by atoms with E-state index in [0.717, 1.165) is 6.20 Å². The van der Waals surface area contributed by atoms with Crippen LogP contribution in [0.4, 0.5) is 5.82 Å². The Hall–Kier alpha value is -2.30. The molecule has 0 saturated heterocycles. The van der Waals surface area contributed by atoms with Gasteiger partial charge in [-0.2, -0.15) is 0 Å². The fraction of sp³-hybridized carbons (Fsp3) is 0.231. The molecule has 120 valence electrons. The minimum Gasteiger partial charge on any atom is -0.543 e. The quantitative estimate of drug-likeness (QED) is 0.323. The Balaban J connectivity index is 0.00000288. The summed E-state index contributed by atoms with van der Waals surface area (Å²) in [6, 6.07) is 2.73. The topological polar surface area (TPSA) is 143 Å². The molecule has 0 spiro atoms. The third-order valence-electron chi connectivity index (χ3n) is 3.09. The second-order valence-corrected chi connectivity index (χ2v) is 4.52. The molecule has 0 aliphatic carbocycles. The number of aromatic nitrogens is 3. The molecule has 0 aromatic carbocycles. The molecule has 2 rings (SSSR count). The van der Waals surface area contributed by atoms with E-state index in [0.29, 0.717) is 5.82 Å². The number of amides is 1. The maximum Gasteiger partial charge on any atom is 1.00 e. The normalized spacial score (nSPS) is 9.88. The van der Waals surface area contributed by atoms with Gasteiger partial charge in [-0.25, -0.2) is 9.55 Å². The Morgan fingerprint density at radius 1 is 1.38 bits per heavy atom. The number of aryl methyl sites for hydroxylation is 1. The Morgan fingerprint density at radius 3 is 2.71 bits per heavy atom.